The summed E-state index contributed by atoms with van der Waals surface area (Å²) in [4.78, 5) is 19.2. The Labute approximate surface area is 107 Å². The highest BCUT2D eigenvalue weighted by Gasteiger charge is 2.15. The van der Waals surface area contributed by atoms with Crippen molar-refractivity contribution in [2.45, 2.75) is 0 Å². The number of hydrogen-bond donors (Lipinski definition) is 2. The lowest BCUT2D eigenvalue weighted by Gasteiger charge is -2.04. The second-order valence-corrected chi connectivity index (χ2v) is 3.88. The van der Waals surface area contributed by atoms with Gasteiger partial charge in [-0.25, -0.2) is 9.31 Å². The maximum Gasteiger partial charge on any atom is 0.354 e. The Morgan fingerprint density at radius 1 is 1.32 bits per heavy atom. The van der Waals surface area contributed by atoms with Gasteiger partial charge in [-0.2, -0.15) is 4.98 Å². The molecule has 0 saturated heterocycles. The highest BCUT2D eigenvalue weighted by Crippen LogP contribution is 2.24. The fraction of sp³-hybridized carbons (Fsp3) is 0. The molecule has 0 amide bonds. The van der Waals surface area contributed by atoms with Crippen LogP contribution < -0.4 is 5.73 Å². The van der Waals surface area contributed by atoms with Crippen molar-refractivity contribution in [1.29, 1.82) is 0 Å². The maximum atomic E-state index is 11.1. The molecule has 0 fully saturated rings. The molecule has 0 atom stereocenters. The standard InChI is InChI=1S/C12H9N5O2/c13-12-15-10-8(7-2-1-5-14-6-7)3-4-9(11(18)19)17(10)16-12/h1-6H,(H2,13,16)(H,18,19). The van der Waals surface area contributed by atoms with Gasteiger partial charge in [0.2, 0.25) is 5.95 Å². The topological polar surface area (TPSA) is 106 Å². The van der Waals surface area contributed by atoms with E-state index in [0.29, 0.717) is 5.65 Å². The summed E-state index contributed by atoms with van der Waals surface area (Å²) in [6.07, 6.45) is 3.32. The number of carboxylic acids is 1. The van der Waals surface area contributed by atoms with Crippen LogP contribution in [-0.2, 0) is 0 Å². The number of fused-ring (bicyclic) bond motifs is 1. The second-order valence-electron chi connectivity index (χ2n) is 3.88. The largest absolute Gasteiger partial charge is 0.477 e. The number of carboxylic acid groups (broad SMARTS) is 1. The number of carbonyl (C=O) groups is 1. The van der Waals surface area contributed by atoms with E-state index in [1.165, 1.54) is 10.6 Å². The molecular formula is C12H9N5O2. The SMILES string of the molecule is Nc1nc2c(-c3cccnc3)ccc(C(=O)O)n2n1. The summed E-state index contributed by atoms with van der Waals surface area (Å²) in [5.41, 5.74) is 7.50. The van der Waals surface area contributed by atoms with Crippen molar-refractivity contribution in [2.75, 3.05) is 5.73 Å². The molecule has 0 aliphatic carbocycles. The van der Waals surface area contributed by atoms with E-state index >= 15 is 0 Å². The van der Waals surface area contributed by atoms with Crippen molar-refractivity contribution in [1.82, 2.24) is 19.6 Å². The highest BCUT2D eigenvalue weighted by molar-refractivity contribution is 5.89. The molecule has 94 valence electrons. The van der Waals surface area contributed by atoms with E-state index in [4.69, 9.17) is 10.8 Å². The summed E-state index contributed by atoms with van der Waals surface area (Å²) in [5, 5.41) is 13.0. The van der Waals surface area contributed by atoms with Crippen LogP contribution in [0, 0.1) is 0 Å². The third kappa shape index (κ3) is 1.77. The average Bonchev–Trinajstić information content (AvgIpc) is 2.79. The lowest BCUT2D eigenvalue weighted by molar-refractivity contribution is 0.0687. The fourth-order valence-electron chi connectivity index (χ4n) is 1.89. The Kier molecular flexibility index (Phi) is 2.38. The molecule has 7 heteroatoms. The number of hydrogen-bond acceptors (Lipinski definition) is 5. The monoisotopic (exact) mass is 255 g/mol. The van der Waals surface area contributed by atoms with Gasteiger partial charge in [-0.15, -0.1) is 5.10 Å². The van der Waals surface area contributed by atoms with Gasteiger partial charge in [0.05, 0.1) is 0 Å². The summed E-state index contributed by atoms with van der Waals surface area (Å²) in [6.45, 7) is 0. The molecule has 0 spiro atoms. The Morgan fingerprint density at radius 3 is 2.84 bits per heavy atom. The van der Waals surface area contributed by atoms with Gasteiger partial charge in [0, 0.05) is 23.5 Å². The Bertz CT molecular complexity index is 766. The number of aromatic carboxylic acids is 1. The predicted molar refractivity (Wildman–Crippen MR) is 67.6 cm³/mol. The van der Waals surface area contributed by atoms with Crippen LogP contribution in [0.5, 0.6) is 0 Å². The third-order valence-corrected chi connectivity index (χ3v) is 2.69. The van der Waals surface area contributed by atoms with Crippen molar-refractivity contribution in [2.24, 2.45) is 0 Å². The molecule has 0 bridgehead atoms. The second kappa shape index (κ2) is 4.05. The van der Waals surface area contributed by atoms with Crippen LogP contribution in [0.3, 0.4) is 0 Å². The zero-order valence-corrected chi connectivity index (χ0v) is 9.69. The molecule has 0 aromatic carbocycles. The zero-order valence-electron chi connectivity index (χ0n) is 9.69. The number of nitrogens with zero attached hydrogens (tertiary/aromatic N) is 4. The van der Waals surface area contributed by atoms with Crippen molar-refractivity contribution in [3.63, 3.8) is 0 Å². The molecule has 3 N–H and O–H groups in total. The quantitative estimate of drug-likeness (QED) is 0.709. The highest BCUT2D eigenvalue weighted by atomic mass is 16.4. The van der Waals surface area contributed by atoms with Crippen LogP contribution in [0.1, 0.15) is 10.5 Å². The molecule has 0 unspecified atom stereocenters. The van der Waals surface area contributed by atoms with Gasteiger partial charge in [-0.3, -0.25) is 4.98 Å². The number of pyridine rings is 2. The maximum absolute atomic E-state index is 11.1. The number of anilines is 1. The van der Waals surface area contributed by atoms with Gasteiger partial charge in [0.25, 0.3) is 0 Å². The number of aromatic nitrogens is 4. The van der Waals surface area contributed by atoms with Crippen molar-refractivity contribution < 1.29 is 9.90 Å². The van der Waals surface area contributed by atoms with Gasteiger partial charge in [0.1, 0.15) is 0 Å². The van der Waals surface area contributed by atoms with Crippen LogP contribution in [0.15, 0.2) is 36.7 Å². The summed E-state index contributed by atoms with van der Waals surface area (Å²) < 4.78 is 1.22. The normalized spacial score (nSPS) is 10.7. The number of nitrogens with two attached hydrogens (primary N) is 1. The van der Waals surface area contributed by atoms with Crippen molar-refractivity contribution in [3.8, 4) is 11.1 Å². The minimum Gasteiger partial charge on any atom is -0.477 e. The van der Waals surface area contributed by atoms with Gasteiger partial charge >= 0.3 is 5.97 Å². The third-order valence-electron chi connectivity index (χ3n) is 2.69. The molecule has 0 aliphatic heterocycles. The van der Waals surface area contributed by atoms with Gasteiger partial charge in [-0.1, -0.05) is 6.07 Å². The summed E-state index contributed by atoms with van der Waals surface area (Å²) in [6, 6.07) is 6.78. The first-order valence-electron chi connectivity index (χ1n) is 5.46. The van der Waals surface area contributed by atoms with Crippen LogP contribution in [0.25, 0.3) is 16.8 Å². The van der Waals surface area contributed by atoms with Crippen LogP contribution >= 0.6 is 0 Å². The van der Waals surface area contributed by atoms with Crippen molar-refractivity contribution >= 4 is 17.6 Å². The van der Waals surface area contributed by atoms with E-state index in [2.05, 4.69) is 15.1 Å². The Morgan fingerprint density at radius 2 is 2.16 bits per heavy atom. The minimum absolute atomic E-state index is 0.00633. The average molecular weight is 255 g/mol. The van der Waals surface area contributed by atoms with E-state index in [1.54, 1.807) is 24.5 Å². The van der Waals surface area contributed by atoms with E-state index < -0.39 is 5.97 Å². The van der Waals surface area contributed by atoms with Crippen molar-refractivity contribution in [3.05, 3.63) is 42.4 Å². The summed E-state index contributed by atoms with van der Waals surface area (Å²) in [7, 11) is 0. The molecule has 3 aromatic heterocycles. The van der Waals surface area contributed by atoms with Crippen LogP contribution in [0.4, 0.5) is 5.95 Å². The number of nitrogen functional groups attached to an aromatic ring is 1. The molecule has 3 heterocycles. The van der Waals surface area contributed by atoms with Gasteiger partial charge in [0.15, 0.2) is 11.3 Å². The molecule has 3 aromatic rings. The fourth-order valence-corrected chi connectivity index (χ4v) is 1.89. The summed E-state index contributed by atoms with van der Waals surface area (Å²) >= 11 is 0. The molecule has 0 aliphatic rings. The molecule has 0 radical (unpaired) electrons. The van der Waals surface area contributed by atoms with Crippen LogP contribution in [0.2, 0.25) is 0 Å². The van der Waals surface area contributed by atoms with Crippen LogP contribution in [-0.4, -0.2) is 30.7 Å². The predicted octanol–water partition coefficient (Wildman–Crippen LogP) is 1.07. The van der Waals surface area contributed by atoms with E-state index in [1.807, 2.05) is 6.07 Å². The van der Waals surface area contributed by atoms with E-state index in [9.17, 15) is 4.79 Å². The number of rotatable bonds is 2. The van der Waals surface area contributed by atoms with E-state index in [-0.39, 0.29) is 11.6 Å². The molecule has 3 rings (SSSR count). The molecule has 19 heavy (non-hydrogen) atoms. The first-order valence-corrected chi connectivity index (χ1v) is 5.46. The lowest BCUT2D eigenvalue weighted by atomic mass is 10.1. The lowest BCUT2D eigenvalue weighted by Crippen LogP contribution is -2.07. The minimum atomic E-state index is -1.09. The first-order chi connectivity index (χ1) is 9.16. The summed E-state index contributed by atoms with van der Waals surface area (Å²) in [5.74, 6) is -1.06. The first kappa shape index (κ1) is 11.1. The molecular weight excluding hydrogens is 246 g/mol. The van der Waals surface area contributed by atoms with Gasteiger partial charge < -0.3 is 10.8 Å². The Balaban J connectivity index is 2.34. The molecule has 7 nitrogen and oxygen atoms in total. The smallest absolute Gasteiger partial charge is 0.354 e. The zero-order chi connectivity index (χ0) is 13.4. The van der Waals surface area contributed by atoms with Gasteiger partial charge in [-0.05, 0) is 18.2 Å². The van der Waals surface area contributed by atoms with E-state index in [0.717, 1.165) is 11.1 Å². The molecule has 0 saturated carbocycles. The Hall–Kier alpha value is -2.96.